The van der Waals surface area contributed by atoms with Crippen LogP contribution in [0.25, 0.3) is 0 Å². The molecule has 1 aromatic carbocycles. The minimum absolute atomic E-state index is 0.0114. The topological polar surface area (TPSA) is 58.6 Å². The lowest BCUT2D eigenvalue weighted by atomic mass is 9.89. The van der Waals surface area contributed by atoms with Crippen molar-refractivity contribution in [2.24, 2.45) is 5.41 Å². The van der Waals surface area contributed by atoms with Crippen LogP contribution in [0.3, 0.4) is 0 Å². The van der Waals surface area contributed by atoms with Crippen LogP contribution < -0.4 is 10.1 Å². The number of carbonyl (C=O) groups is 1. The molecule has 0 radical (unpaired) electrons. The Labute approximate surface area is 123 Å². The average molecular weight is 301 g/mol. The van der Waals surface area contributed by atoms with Crippen LogP contribution in [0.2, 0.25) is 0 Å². The van der Waals surface area contributed by atoms with E-state index in [4.69, 9.17) is 5.11 Å². The summed E-state index contributed by atoms with van der Waals surface area (Å²) in [6, 6.07) is 6.22. The van der Waals surface area contributed by atoms with Crippen molar-refractivity contribution >= 4 is 5.91 Å². The van der Waals surface area contributed by atoms with Crippen LogP contribution in [0.15, 0.2) is 24.3 Å². The zero-order chi connectivity index (χ0) is 15.9. The van der Waals surface area contributed by atoms with E-state index in [9.17, 15) is 13.6 Å². The number of hydrogen-bond acceptors (Lipinski definition) is 3. The van der Waals surface area contributed by atoms with Gasteiger partial charge in [-0.1, -0.05) is 32.0 Å². The number of carbonyl (C=O) groups excluding carboxylic acids is 1. The highest BCUT2D eigenvalue weighted by Crippen LogP contribution is 2.21. The second kappa shape index (κ2) is 7.93. The highest BCUT2D eigenvalue weighted by molar-refractivity contribution is 5.79. The molecule has 4 nitrogen and oxygen atoms in total. The van der Waals surface area contributed by atoms with Gasteiger partial charge >= 0.3 is 6.61 Å². The largest absolute Gasteiger partial charge is 0.435 e. The van der Waals surface area contributed by atoms with E-state index in [2.05, 4.69) is 10.1 Å². The second-order valence-electron chi connectivity index (χ2n) is 5.58. The van der Waals surface area contributed by atoms with E-state index in [0.717, 1.165) is 0 Å². The van der Waals surface area contributed by atoms with E-state index in [1.54, 1.807) is 18.2 Å². The first-order valence-corrected chi connectivity index (χ1v) is 6.74. The summed E-state index contributed by atoms with van der Waals surface area (Å²) in [5, 5.41) is 11.7. The number of benzene rings is 1. The molecule has 0 saturated carbocycles. The van der Waals surface area contributed by atoms with Crippen LogP contribution in [0, 0.1) is 5.41 Å². The molecule has 0 bridgehead atoms. The SMILES string of the molecule is CC(C)(CCO)CNC(=O)Cc1ccccc1OC(F)F. The molecule has 0 atom stereocenters. The molecule has 0 unspecified atom stereocenters. The fourth-order valence-corrected chi connectivity index (χ4v) is 1.83. The van der Waals surface area contributed by atoms with Gasteiger partial charge in [0.1, 0.15) is 5.75 Å². The Balaban J connectivity index is 2.59. The van der Waals surface area contributed by atoms with Gasteiger partial charge in [0, 0.05) is 18.7 Å². The summed E-state index contributed by atoms with van der Waals surface area (Å²) in [5.74, 6) is -0.261. The molecule has 0 aliphatic carbocycles. The van der Waals surface area contributed by atoms with E-state index in [1.165, 1.54) is 6.07 Å². The molecule has 0 aromatic heterocycles. The third kappa shape index (κ3) is 6.53. The Morgan fingerprint density at radius 1 is 1.38 bits per heavy atom. The van der Waals surface area contributed by atoms with Crippen LogP contribution in [0.4, 0.5) is 8.78 Å². The van der Waals surface area contributed by atoms with Crippen LogP contribution >= 0.6 is 0 Å². The molecule has 6 heteroatoms. The van der Waals surface area contributed by atoms with E-state index in [0.29, 0.717) is 18.5 Å². The third-order valence-corrected chi connectivity index (χ3v) is 3.09. The lowest BCUT2D eigenvalue weighted by molar-refractivity contribution is -0.121. The lowest BCUT2D eigenvalue weighted by Gasteiger charge is -2.23. The van der Waals surface area contributed by atoms with Crippen molar-refractivity contribution in [3.05, 3.63) is 29.8 Å². The number of amides is 1. The number of ether oxygens (including phenoxy) is 1. The molecule has 1 amide bonds. The van der Waals surface area contributed by atoms with Crippen molar-refractivity contribution in [2.75, 3.05) is 13.2 Å². The second-order valence-corrected chi connectivity index (χ2v) is 5.58. The van der Waals surface area contributed by atoms with Gasteiger partial charge in [0.15, 0.2) is 0 Å². The summed E-state index contributed by atoms with van der Waals surface area (Å²) in [6.07, 6.45) is 0.538. The van der Waals surface area contributed by atoms with Gasteiger partial charge in [0.25, 0.3) is 0 Å². The maximum Gasteiger partial charge on any atom is 0.387 e. The molecule has 1 aromatic rings. The first-order chi connectivity index (χ1) is 9.84. The summed E-state index contributed by atoms with van der Waals surface area (Å²) < 4.78 is 28.9. The highest BCUT2D eigenvalue weighted by atomic mass is 19.3. The van der Waals surface area contributed by atoms with Crippen molar-refractivity contribution in [2.45, 2.75) is 33.3 Å². The number of aliphatic hydroxyl groups is 1. The summed E-state index contributed by atoms with van der Waals surface area (Å²) >= 11 is 0. The number of para-hydroxylation sites is 1. The molecule has 0 fully saturated rings. The number of rotatable bonds is 8. The van der Waals surface area contributed by atoms with Gasteiger partial charge in [-0.2, -0.15) is 8.78 Å². The van der Waals surface area contributed by atoms with Crippen LogP contribution in [-0.4, -0.2) is 30.8 Å². The van der Waals surface area contributed by atoms with Crippen LogP contribution in [0.1, 0.15) is 25.8 Å². The molecule has 2 N–H and O–H groups in total. The number of halogens is 2. The predicted molar refractivity (Wildman–Crippen MR) is 75.3 cm³/mol. The standard InChI is InChI=1S/C15H21F2NO3/c1-15(2,7-8-19)10-18-13(20)9-11-5-3-4-6-12(11)21-14(16)17/h3-6,14,19H,7-10H2,1-2H3,(H,18,20). The predicted octanol–water partition coefficient (Wildman–Crippen LogP) is 2.36. The monoisotopic (exact) mass is 301 g/mol. The van der Waals surface area contributed by atoms with Crippen LogP contribution in [-0.2, 0) is 11.2 Å². The lowest BCUT2D eigenvalue weighted by Crippen LogP contribution is -2.35. The Kier molecular flexibility index (Phi) is 6.55. The summed E-state index contributed by atoms with van der Waals surface area (Å²) in [6.45, 7) is 1.39. The van der Waals surface area contributed by atoms with Crippen molar-refractivity contribution in [1.29, 1.82) is 0 Å². The van der Waals surface area contributed by atoms with Gasteiger partial charge in [-0.05, 0) is 17.9 Å². The maximum atomic E-state index is 12.3. The van der Waals surface area contributed by atoms with Gasteiger partial charge in [0.05, 0.1) is 6.42 Å². The number of alkyl halides is 2. The average Bonchev–Trinajstić information content (AvgIpc) is 2.38. The summed E-state index contributed by atoms with van der Waals surface area (Å²) in [4.78, 5) is 11.9. The molecule has 0 heterocycles. The Hall–Kier alpha value is -1.69. The quantitative estimate of drug-likeness (QED) is 0.775. The molecule has 0 spiro atoms. The van der Waals surface area contributed by atoms with Gasteiger partial charge in [-0.15, -0.1) is 0 Å². The van der Waals surface area contributed by atoms with Gasteiger partial charge in [0.2, 0.25) is 5.91 Å². The van der Waals surface area contributed by atoms with Gasteiger partial charge in [-0.3, -0.25) is 4.79 Å². The van der Waals surface area contributed by atoms with E-state index >= 15 is 0 Å². The molecule has 0 saturated heterocycles. The van der Waals surface area contributed by atoms with Gasteiger partial charge < -0.3 is 15.2 Å². The highest BCUT2D eigenvalue weighted by Gasteiger charge is 2.19. The molecule has 0 aliphatic rings. The van der Waals surface area contributed by atoms with E-state index in [-0.39, 0.29) is 30.1 Å². The smallest absolute Gasteiger partial charge is 0.387 e. The number of nitrogens with one attached hydrogen (secondary N) is 1. The molecule has 118 valence electrons. The number of hydrogen-bond donors (Lipinski definition) is 2. The van der Waals surface area contributed by atoms with Crippen molar-refractivity contribution in [3.8, 4) is 5.75 Å². The van der Waals surface area contributed by atoms with E-state index < -0.39 is 6.61 Å². The molecule has 1 rings (SSSR count). The molecular formula is C15H21F2NO3. The first-order valence-electron chi connectivity index (χ1n) is 6.74. The Morgan fingerprint density at radius 3 is 2.67 bits per heavy atom. The number of aliphatic hydroxyl groups excluding tert-OH is 1. The van der Waals surface area contributed by atoms with Gasteiger partial charge in [-0.25, -0.2) is 0 Å². The Morgan fingerprint density at radius 2 is 2.05 bits per heavy atom. The van der Waals surface area contributed by atoms with Crippen molar-refractivity contribution in [1.82, 2.24) is 5.32 Å². The van der Waals surface area contributed by atoms with Crippen LogP contribution in [0.5, 0.6) is 5.75 Å². The fourth-order valence-electron chi connectivity index (χ4n) is 1.83. The minimum Gasteiger partial charge on any atom is -0.435 e. The molecule has 21 heavy (non-hydrogen) atoms. The maximum absolute atomic E-state index is 12.3. The molecule has 0 aliphatic heterocycles. The zero-order valence-electron chi connectivity index (χ0n) is 12.2. The third-order valence-electron chi connectivity index (χ3n) is 3.09. The summed E-state index contributed by atoms with van der Waals surface area (Å²) in [7, 11) is 0. The van der Waals surface area contributed by atoms with Crippen molar-refractivity contribution < 1.29 is 23.4 Å². The fraction of sp³-hybridized carbons (Fsp3) is 0.533. The normalized spacial score (nSPS) is 11.5. The first kappa shape index (κ1) is 17.4. The Bertz CT molecular complexity index is 464. The molecular weight excluding hydrogens is 280 g/mol. The minimum atomic E-state index is -2.92. The summed E-state index contributed by atoms with van der Waals surface area (Å²) in [5.41, 5.74) is 0.193. The zero-order valence-corrected chi connectivity index (χ0v) is 12.2. The van der Waals surface area contributed by atoms with Crippen molar-refractivity contribution in [3.63, 3.8) is 0 Å². The van der Waals surface area contributed by atoms with E-state index in [1.807, 2.05) is 13.8 Å².